The molecule has 0 saturated carbocycles. The van der Waals surface area contributed by atoms with Crippen molar-refractivity contribution >= 4 is 33.6 Å². The molecular formula is C21H11F2IO. The Morgan fingerprint density at radius 1 is 0.800 bits per heavy atom. The number of halogens is 3. The lowest BCUT2D eigenvalue weighted by Crippen LogP contribution is -1.99. The zero-order chi connectivity index (χ0) is 17.1. The number of benzene rings is 3. The average Bonchev–Trinajstić information content (AvgIpc) is 2.98. The summed E-state index contributed by atoms with van der Waals surface area (Å²) in [5, 5.41) is 0.795. The molecule has 1 unspecified atom stereocenters. The van der Waals surface area contributed by atoms with E-state index in [0.717, 1.165) is 22.1 Å². The van der Waals surface area contributed by atoms with Crippen molar-refractivity contribution < 1.29 is 13.2 Å². The van der Waals surface area contributed by atoms with Gasteiger partial charge in [-0.05, 0) is 23.3 Å². The lowest BCUT2D eigenvalue weighted by Gasteiger charge is -2.14. The maximum absolute atomic E-state index is 14.9. The van der Waals surface area contributed by atoms with Crippen LogP contribution in [-0.2, 0) is 0 Å². The van der Waals surface area contributed by atoms with Crippen molar-refractivity contribution in [1.29, 1.82) is 0 Å². The van der Waals surface area contributed by atoms with Gasteiger partial charge in [0.15, 0.2) is 11.6 Å². The van der Waals surface area contributed by atoms with E-state index in [1.165, 1.54) is 6.07 Å². The van der Waals surface area contributed by atoms with E-state index in [-0.39, 0.29) is 3.92 Å². The Labute approximate surface area is 156 Å². The van der Waals surface area contributed by atoms with E-state index >= 15 is 0 Å². The van der Waals surface area contributed by atoms with Gasteiger partial charge < -0.3 is 4.42 Å². The van der Waals surface area contributed by atoms with E-state index < -0.39 is 11.6 Å². The second kappa shape index (κ2) is 5.39. The number of alkyl halides is 1. The van der Waals surface area contributed by atoms with Gasteiger partial charge in [-0.25, -0.2) is 8.78 Å². The molecule has 25 heavy (non-hydrogen) atoms. The van der Waals surface area contributed by atoms with Gasteiger partial charge in [0.2, 0.25) is 0 Å². The third kappa shape index (κ3) is 2.03. The van der Waals surface area contributed by atoms with Crippen molar-refractivity contribution in [2.24, 2.45) is 0 Å². The van der Waals surface area contributed by atoms with Crippen LogP contribution in [0.2, 0.25) is 0 Å². The maximum atomic E-state index is 14.9. The van der Waals surface area contributed by atoms with Crippen LogP contribution in [-0.4, -0.2) is 0 Å². The standard InChI is InChI=1S/C21H11F2IO/c22-15-10-9-14-17(19(15)23)18-13-7-3-4-8-16(13)25-21(18)12-6-2-1-5-11(12)20(14)24/h1-10,20H. The van der Waals surface area contributed by atoms with Crippen LogP contribution in [0.3, 0.4) is 0 Å². The minimum atomic E-state index is -0.843. The van der Waals surface area contributed by atoms with Crippen LogP contribution >= 0.6 is 22.6 Å². The van der Waals surface area contributed by atoms with Gasteiger partial charge in [0.05, 0.1) is 3.92 Å². The predicted octanol–water partition coefficient (Wildman–Crippen LogP) is 6.88. The lowest BCUT2D eigenvalue weighted by atomic mass is 9.96. The summed E-state index contributed by atoms with van der Waals surface area (Å²) in [5.74, 6) is -1.06. The first kappa shape index (κ1) is 15.1. The van der Waals surface area contributed by atoms with E-state index in [9.17, 15) is 8.78 Å². The molecule has 0 spiro atoms. The van der Waals surface area contributed by atoms with Crippen molar-refractivity contribution in [3.8, 4) is 22.5 Å². The van der Waals surface area contributed by atoms with Gasteiger partial charge in [0.25, 0.3) is 0 Å². The van der Waals surface area contributed by atoms with E-state index in [2.05, 4.69) is 22.6 Å². The zero-order valence-electron chi connectivity index (χ0n) is 12.9. The molecule has 0 bridgehead atoms. The van der Waals surface area contributed by atoms with Crippen LogP contribution in [0, 0.1) is 11.6 Å². The van der Waals surface area contributed by atoms with Crippen LogP contribution < -0.4 is 0 Å². The fourth-order valence-electron chi connectivity index (χ4n) is 3.61. The first-order valence-electron chi connectivity index (χ1n) is 7.90. The lowest BCUT2D eigenvalue weighted by molar-refractivity contribution is 0.510. The van der Waals surface area contributed by atoms with Crippen LogP contribution in [0.1, 0.15) is 15.1 Å². The minimum absolute atomic E-state index is 0.0970. The van der Waals surface area contributed by atoms with Gasteiger partial charge in [-0.3, -0.25) is 0 Å². The SMILES string of the molecule is Fc1ccc2c(c1F)-c1c(oc3ccccc13)-c1ccccc1C2I. The number of rotatable bonds is 0. The maximum Gasteiger partial charge on any atom is 0.167 e. The molecule has 5 rings (SSSR count). The Bertz CT molecular complexity index is 1150. The average molecular weight is 444 g/mol. The number of hydrogen-bond acceptors (Lipinski definition) is 1. The fraction of sp³-hybridized carbons (Fsp3) is 0.0476. The van der Waals surface area contributed by atoms with Crippen LogP contribution in [0.4, 0.5) is 8.78 Å². The van der Waals surface area contributed by atoms with Gasteiger partial charge in [-0.15, -0.1) is 0 Å². The highest BCUT2D eigenvalue weighted by Crippen LogP contribution is 2.52. The first-order chi connectivity index (χ1) is 12.2. The molecule has 0 aliphatic heterocycles. The smallest absolute Gasteiger partial charge is 0.167 e. The molecule has 1 aromatic heterocycles. The molecule has 1 aliphatic rings. The summed E-state index contributed by atoms with van der Waals surface area (Å²) in [6, 6.07) is 18.3. The Kier molecular flexibility index (Phi) is 3.25. The minimum Gasteiger partial charge on any atom is -0.455 e. The van der Waals surface area contributed by atoms with Gasteiger partial charge in [0, 0.05) is 22.1 Å². The van der Waals surface area contributed by atoms with Gasteiger partial charge >= 0.3 is 0 Å². The molecule has 122 valence electrons. The van der Waals surface area contributed by atoms with Crippen molar-refractivity contribution in [2.45, 2.75) is 3.92 Å². The Morgan fingerprint density at radius 3 is 2.44 bits per heavy atom. The monoisotopic (exact) mass is 444 g/mol. The van der Waals surface area contributed by atoms with Crippen molar-refractivity contribution in [3.05, 3.63) is 83.4 Å². The Morgan fingerprint density at radius 2 is 1.56 bits per heavy atom. The van der Waals surface area contributed by atoms with E-state index in [4.69, 9.17) is 4.42 Å². The molecule has 4 heteroatoms. The van der Waals surface area contributed by atoms with Gasteiger partial charge in [-0.1, -0.05) is 71.1 Å². The second-order valence-corrected chi connectivity index (χ2v) is 7.32. The summed E-state index contributed by atoms with van der Waals surface area (Å²) < 4.78 is 35.0. The number of fused-ring (bicyclic) bond motifs is 7. The van der Waals surface area contributed by atoms with Crippen molar-refractivity contribution in [1.82, 2.24) is 0 Å². The molecular weight excluding hydrogens is 433 g/mol. The predicted molar refractivity (Wildman–Crippen MR) is 103 cm³/mol. The molecule has 0 radical (unpaired) electrons. The van der Waals surface area contributed by atoms with Gasteiger partial charge in [-0.2, -0.15) is 0 Å². The first-order valence-corrected chi connectivity index (χ1v) is 9.14. The van der Waals surface area contributed by atoms with Crippen LogP contribution in [0.25, 0.3) is 33.4 Å². The quantitative estimate of drug-likeness (QED) is 0.213. The number of hydrogen-bond donors (Lipinski definition) is 0. The summed E-state index contributed by atoms with van der Waals surface area (Å²) in [7, 11) is 0. The molecule has 0 amide bonds. The summed E-state index contributed by atoms with van der Waals surface area (Å²) in [5.41, 5.74) is 4.32. The third-order valence-electron chi connectivity index (χ3n) is 4.72. The van der Waals surface area contributed by atoms with E-state index in [0.29, 0.717) is 22.5 Å². The van der Waals surface area contributed by atoms with Crippen molar-refractivity contribution in [2.75, 3.05) is 0 Å². The molecule has 1 atom stereocenters. The number of furan rings is 1. The molecule has 3 aromatic carbocycles. The molecule has 4 aromatic rings. The molecule has 1 aliphatic carbocycles. The zero-order valence-corrected chi connectivity index (χ0v) is 15.1. The van der Waals surface area contributed by atoms with E-state index in [1.807, 2.05) is 48.5 Å². The Balaban J connectivity index is 2.04. The molecule has 0 saturated heterocycles. The molecule has 1 nitrogen and oxygen atoms in total. The van der Waals surface area contributed by atoms with Crippen LogP contribution in [0.15, 0.2) is 65.1 Å². The number of para-hydroxylation sites is 1. The largest absolute Gasteiger partial charge is 0.455 e. The highest BCUT2D eigenvalue weighted by molar-refractivity contribution is 14.1. The molecule has 0 N–H and O–H groups in total. The van der Waals surface area contributed by atoms with Crippen molar-refractivity contribution in [3.63, 3.8) is 0 Å². The summed E-state index contributed by atoms with van der Waals surface area (Å²) >= 11 is 2.28. The highest BCUT2D eigenvalue weighted by Gasteiger charge is 2.32. The highest BCUT2D eigenvalue weighted by atomic mass is 127. The topological polar surface area (TPSA) is 13.1 Å². The third-order valence-corrected chi connectivity index (χ3v) is 6.07. The fourth-order valence-corrected chi connectivity index (χ4v) is 4.67. The normalized spacial score (nSPS) is 15.4. The van der Waals surface area contributed by atoms with Gasteiger partial charge in [0.1, 0.15) is 11.3 Å². The van der Waals surface area contributed by atoms with E-state index in [1.54, 1.807) is 6.07 Å². The Hall–Kier alpha value is -2.21. The second-order valence-electron chi connectivity index (χ2n) is 6.08. The van der Waals surface area contributed by atoms with Crippen LogP contribution in [0.5, 0.6) is 0 Å². The summed E-state index contributed by atoms with van der Waals surface area (Å²) in [6.45, 7) is 0. The molecule has 0 fully saturated rings. The summed E-state index contributed by atoms with van der Waals surface area (Å²) in [4.78, 5) is 0. The summed E-state index contributed by atoms with van der Waals surface area (Å²) in [6.07, 6.45) is 0. The molecule has 1 heterocycles.